The first-order chi connectivity index (χ1) is 9.00. The van der Waals surface area contributed by atoms with E-state index in [1.54, 1.807) is 0 Å². The molecule has 102 valence electrons. The fourth-order valence-electron chi connectivity index (χ4n) is 2.05. The van der Waals surface area contributed by atoms with Crippen molar-refractivity contribution >= 4 is 17.6 Å². The smallest absolute Gasteiger partial charge is 0.328 e. The number of aliphatic carboxylic acids is 1. The van der Waals surface area contributed by atoms with Crippen LogP contribution in [-0.4, -0.2) is 42.8 Å². The lowest BCUT2D eigenvalue weighted by Crippen LogP contribution is -2.50. The quantitative estimate of drug-likeness (QED) is 0.817. The van der Waals surface area contributed by atoms with E-state index in [2.05, 4.69) is 0 Å². The van der Waals surface area contributed by atoms with Crippen LogP contribution in [0, 0.1) is 5.82 Å². The van der Waals surface area contributed by atoms with Crippen molar-refractivity contribution in [3.8, 4) is 0 Å². The van der Waals surface area contributed by atoms with Crippen LogP contribution in [0.15, 0.2) is 18.2 Å². The monoisotopic (exact) mass is 268 g/mol. The number of carboxylic acids is 1. The molecular formula is C12H13FN2O4. The Labute approximate surface area is 108 Å². The number of halogens is 1. The lowest BCUT2D eigenvalue weighted by Gasteiger charge is -2.35. The Balaban J connectivity index is 2.44. The largest absolute Gasteiger partial charge is 0.480 e. The molecule has 1 aliphatic heterocycles. The van der Waals surface area contributed by atoms with Crippen LogP contribution in [-0.2, 0) is 9.53 Å². The molecule has 19 heavy (non-hydrogen) atoms. The number of anilines is 1. The van der Waals surface area contributed by atoms with Crippen LogP contribution < -0.4 is 10.6 Å². The second-order valence-electron chi connectivity index (χ2n) is 4.15. The SMILES string of the molecule is NC(=O)c1cc(F)ccc1N1CCOCC1C(=O)O. The third-order valence-electron chi connectivity index (χ3n) is 2.95. The van der Waals surface area contributed by atoms with Crippen molar-refractivity contribution < 1.29 is 23.8 Å². The highest BCUT2D eigenvalue weighted by Crippen LogP contribution is 2.25. The second-order valence-corrected chi connectivity index (χ2v) is 4.15. The molecule has 1 heterocycles. The summed E-state index contributed by atoms with van der Waals surface area (Å²) in [6, 6.07) is 2.61. The van der Waals surface area contributed by atoms with Crippen LogP contribution in [0.5, 0.6) is 0 Å². The first-order valence-electron chi connectivity index (χ1n) is 5.67. The molecule has 1 amide bonds. The molecular weight excluding hydrogens is 255 g/mol. The number of nitrogens with zero attached hydrogens (tertiary/aromatic N) is 1. The zero-order chi connectivity index (χ0) is 14.0. The number of primary amides is 1. The number of ether oxygens (including phenoxy) is 1. The molecule has 1 aromatic rings. The van der Waals surface area contributed by atoms with Gasteiger partial charge < -0.3 is 20.5 Å². The van der Waals surface area contributed by atoms with E-state index in [4.69, 9.17) is 15.6 Å². The summed E-state index contributed by atoms with van der Waals surface area (Å²) < 4.78 is 18.3. The van der Waals surface area contributed by atoms with Crippen LogP contribution >= 0.6 is 0 Å². The zero-order valence-electron chi connectivity index (χ0n) is 10.0. The minimum atomic E-state index is -1.07. The molecule has 1 unspecified atom stereocenters. The van der Waals surface area contributed by atoms with Crippen molar-refractivity contribution in [1.82, 2.24) is 0 Å². The van der Waals surface area contributed by atoms with E-state index >= 15 is 0 Å². The van der Waals surface area contributed by atoms with Gasteiger partial charge in [-0.25, -0.2) is 9.18 Å². The van der Waals surface area contributed by atoms with Crippen molar-refractivity contribution in [3.05, 3.63) is 29.6 Å². The van der Waals surface area contributed by atoms with Gasteiger partial charge in [0, 0.05) is 6.54 Å². The van der Waals surface area contributed by atoms with Gasteiger partial charge in [0.1, 0.15) is 5.82 Å². The summed E-state index contributed by atoms with van der Waals surface area (Å²) in [5, 5.41) is 9.14. The maximum absolute atomic E-state index is 13.2. The van der Waals surface area contributed by atoms with Gasteiger partial charge in [-0.15, -0.1) is 0 Å². The number of carbonyl (C=O) groups is 2. The average molecular weight is 268 g/mol. The van der Waals surface area contributed by atoms with Gasteiger partial charge in [0.05, 0.1) is 24.5 Å². The van der Waals surface area contributed by atoms with E-state index in [-0.39, 0.29) is 12.2 Å². The lowest BCUT2D eigenvalue weighted by atomic mass is 10.1. The second kappa shape index (κ2) is 5.23. The zero-order valence-corrected chi connectivity index (χ0v) is 10.0. The Kier molecular flexibility index (Phi) is 3.66. The molecule has 0 bridgehead atoms. The maximum Gasteiger partial charge on any atom is 0.328 e. The molecule has 0 spiro atoms. The topological polar surface area (TPSA) is 92.9 Å². The minimum Gasteiger partial charge on any atom is -0.480 e. The molecule has 7 heteroatoms. The fraction of sp³-hybridized carbons (Fsp3) is 0.333. The normalized spacial score (nSPS) is 19.2. The number of nitrogens with two attached hydrogens (primary N) is 1. The highest BCUT2D eigenvalue weighted by molar-refractivity contribution is 5.99. The van der Waals surface area contributed by atoms with Gasteiger partial charge in [0.25, 0.3) is 5.91 Å². The number of hydrogen-bond acceptors (Lipinski definition) is 4. The number of carboxylic acid groups (broad SMARTS) is 1. The Morgan fingerprint density at radius 2 is 2.21 bits per heavy atom. The van der Waals surface area contributed by atoms with E-state index in [1.165, 1.54) is 11.0 Å². The predicted octanol–water partition coefficient (Wildman–Crippen LogP) is 0.214. The van der Waals surface area contributed by atoms with Gasteiger partial charge in [-0.3, -0.25) is 4.79 Å². The predicted molar refractivity (Wildman–Crippen MR) is 64.5 cm³/mol. The van der Waals surface area contributed by atoms with Crippen LogP contribution in [0.1, 0.15) is 10.4 Å². The number of amides is 1. The Bertz CT molecular complexity index is 520. The molecule has 0 aliphatic carbocycles. The van der Waals surface area contributed by atoms with E-state index in [0.717, 1.165) is 12.1 Å². The van der Waals surface area contributed by atoms with Crippen LogP contribution in [0.4, 0.5) is 10.1 Å². The van der Waals surface area contributed by atoms with Gasteiger partial charge in [0.2, 0.25) is 0 Å². The highest BCUT2D eigenvalue weighted by atomic mass is 19.1. The summed E-state index contributed by atoms with van der Waals surface area (Å²) in [7, 11) is 0. The van der Waals surface area contributed by atoms with Gasteiger partial charge in [-0.05, 0) is 18.2 Å². The molecule has 2 rings (SSSR count). The highest BCUT2D eigenvalue weighted by Gasteiger charge is 2.31. The van der Waals surface area contributed by atoms with Crippen LogP contribution in [0.2, 0.25) is 0 Å². The number of benzene rings is 1. The number of carbonyl (C=O) groups excluding carboxylic acids is 1. The van der Waals surface area contributed by atoms with Gasteiger partial charge in [0.15, 0.2) is 6.04 Å². The lowest BCUT2D eigenvalue weighted by molar-refractivity contribution is -0.141. The summed E-state index contributed by atoms with van der Waals surface area (Å²) in [6.07, 6.45) is 0. The Hall–Kier alpha value is -2.15. The molecule has 1 fully saturated rings. The summed E-state index contributed by atoms with van der Waals surface area (Å²) in [5.74, 6) is -2.47. The molecule has 0 aromatic heterocycles. The molecule has 1 atom stereocenters. The van der Waals surface area contributed by atoms with Crippen LogP contribution in [0.25, 0.3) is 0 Å². The fourth-order valence-corrected chi connectivity index (χ4v) is 2.05. The molecule has 0 radical (unpaired) electrons. The van der Waals surface area contributed by atoms with Gasteiger partial charge >= 0.3 is 5.97 Å². The van der Waals surface area contributed by atoms with E-state index in [0.29, 0.717) is 18.8 Å². The van der Waals surface area contributed by atoms with Gasteiger partial charge in [-0.2, -0.15) is 0 Å². The van der Waals surface area contributed by atoms with E-state index < -0.39 is 23.7 Å². The molecule has 1 aromatic carbocycles. The van der Waals surface area contributed by atoms with Crippen molar-refractivity contribution in [3.63, 3.8) is 0 Å². The first kappa shape index (κ1) is 13.3. The van der Waals surface area contributed by atoms with Crippen molar-refractivity contribution in [2.45, 2.75) is 6.04 Å². The first-order valence-corrected chi connectivity index (χ1v) is 5.67. The molecule has 1 aliphatic rings. The summed E-state index contributed by atoms with van der Waals surface area (Å²) >= 11 is 0. The third kappa shape index (κ3) is 2.65. The minimum absolute atomic E-state index is 0.00487. The number of hydrogen-bond donors (Lipinski definition) is 2. The van der Waals surface area contributed by atoms with Gasteiger partial charge in [-0.1, -0.05) is 0 Å². The molecule has 0 saturated carbocycles. The molecule has 1 saturated heterocycles. The average Bonchev–Trinajstić information content (AvgIpc) is 2.38. The van der Waals surface area contributed by atoms with Crippen molar-refractivity contribution in [2.24, 2.45) is 5.73 Å². The Morgan fingerprint density at radius 3 is 2.84 bits per heavy atom. The molecule has 3 N–H and O–H groups in total. The summed E-state index contributed by atoms with van der Waals surface area (Å²) in [6.45, 7) is 0.632. The number of morpholine rings is 1. The van der Waals surface area contributed by atoms with Crippen LogP contribution in [0.3, 0.4) is 0 Å². The van der Waals surface area contributed by atoms with Crippen molar-refractivity contribution in [2.75, 3.05) is 24.7 Å². The summed E-state index contributed by atoms with van der Waals surface area (Å²) in [4.78, 5) is 24.0. The standard InChI is InChI=1S/C12H13FN2O4/c13-7-1-2-9(8(5-7)11(14)16)15-3-4-19-6-10(15)12(17)18/h1-2,5,10H,3-4,6H2,(H2,14,16)(H,17,18). The summed E-state index contributed by atoms with van der Waals surface area (Å²) in [5.41, 5.74) is 5.48. The van der Waals surface area contributed by atoms with E-state index in [9.17, 15) is 14.0 Å². The Morgan fingerprint density at radius 1 is 1.47 bits per heavy atom. The third-order valence-corrected chi connectivity index (χ3v) is 2.95. The molecule has 6 nitrogen and oxygen atoms in total. The van der Waals surface area contributed by atoms with Crippen molar-refractivity contribution in [1.29, 1.82) is 0 Å². The van der Waals surface area contributed by atoms with E-state index in [1.807, 2.05) is 0 Å². The number of rotatable bonds is 3. The maximum atomic E-state index is 13.2.